The van der Waals surface area contributed by atoms with Crippen LogP contribution in [0, 0.1) is 11.8 Å². The van der Waals surface area contributed by atoms with E-state index >= 15 is 0 Å². The van der Waals surface area contributed by atoms with Gasteiger partial charge in [0.15, 0.2) is 0 Å². The van der Waals surface area contributed by atoms with Gasteiger partial charge in [-0.15, -0.1) is 0 Å². The van der Waals surface area contributed by atoms with Crippen molar-refractivity contribution in [2.75, 3.05) is 19.8 Å². The minimum Gasteiger partial charge on any atom is -0.374 e. The summed E-state index contributed by atoms with van der Waals surface area (Å²) in [6.07, 6.45) is 2.36. The fourth-order valence-electron chi connectivity index (χ4n) is 4.17. The smallest absolute Gasteiger partial charge is 0.374 e. The highest BCUT2D eigenvalue weighted by molar-refractivity contribution is 9.03. The summed E-state index contributed by atoms with van der Waals surface area (Å²) < 4.78 is 30.2. The zero-order valence-electron chi connectivity index (χ0n) is 12.8. The topological polar surface area (TPSA) is 44.8 Å². The monoisotopic (exact) mass is 368 g/mol. The van der Waals surface area contributed by atoms with Crippen molar-refractivity contribution in [2.45, 2.75) is 49.7 Å². The van der Waals surface area contributed by atoms with Gasteiger partial charge < -0.3 is 13.3 Å². The summed E-state index contributed by atoms with van der Waals surface area (Å²) in [5.41, 5.74) is 0.395. The van der Waals surface area contributed by atoms with E-state index in [2.05, 4.69) is 0 Å². The lowest BCUT2D eigenvalue weighted by atomic mass is 9.99. The molecule has 0 aromatic carbocycles. The van der Waals surface area contributed by atoms with E-state index in [0.29, 0.717) is 47.7 Å². The maximum atomic E-state index is 11.9. The van der Waals surface area contributed by atoms with Gasteiger partial charge >= 0.3 is 8.80 Å². The molecule has 1 saturated heterocycles. The van der Waals surface area contributed by atoms with Crippen molar-refractivity contribution in [2.24, 2.45) is 11.8 Å². The summed E-state index contributed by atoms with van der Waals surface area (Å²) in [5, 5.41) is 1.08. The average molecular weight is 369 g/mol. The zero-order chi connectivity index (χ0) is 15.0. The van der Waals surface area contributed by atoms with Crippen molar-refractivity contribution >= 4 is 39.3 Å². The molecule has 4 unspecified atom stereocenters. The molecule has 2 bridgehead atoms. The fourth-order valence-corrected chi connectivity index (χ4v) is 15.4. The molecule has 1 aliphatic heterocycles. The van der Waals surface area contributed by atoms with E-state index in [-0.39, 0.29) is 0 Å². The minimum absolute atomic E-state index is 0.395. The van der Waals surface area contributed by atoms with Crippen molar-refractivity contribution in [3.05, 3.63) is 0 Å². The molecule has 0 radical (unpaired) electrons. The molecule has 3 rings (SSSR count). The highest BCUT2D eigenvalue weighted by atomic mass is 33.5. The first kappa shape index (κ1) is 16.8. The van der Waals surface area contributed by atoms with Crippen LogP contribution in [0.4, 0.5) is 0 Å². The molecule has 0 aromatic rings. The van der Waals surface area contributed by atoms with Gasteiger partial charge in [-0.1, -0.05) is 0 Å². The molecule has 0 N–H and O–H groups in total. The van der Waals surface area contributed by atoms with E-state index < -0.39 is 17.7 Å². The number of hydrogen-bond acceptors (Lipinski definition) is 6. The Balaban J connectivity index is 1.82. The van der Waals surface area contributed by atoms with Gasteiger partial charge in [0.2, 0.25) is 0 Å². The Bertz CT molecular complexity index is 394. The summed E-state index contributed by atoms with van der Waals surface area (Å²) in [5.74, 6) is 1.22. The van der Waals surface area contributed by atoms with E-state index in [1.165, 1.54) is 6.42 Å². The van der Waals surface area contributed by atoms with Gasteiger partial charge in [-0.3, -0.25) is 0 Å². The Morgan fingerprint density at radius 2 is 1.57 bits per heavy atom. The molecular weight excluding hydrogens is 344 g/mol. The highest BCUT2D eigenvalue weighted by Gasteiger charge is 2.65. The molecule has 3 aliphatic rings. The summed E-state index contributed by atoms with van der Waals surface area (Å²) in [4.78, 5) is 0. The lowest BCUT2D eigenvalue weighted by Gasteiger charge is -2.39. The first-order valence-corrected chi connectivity index (χ1v) is 13.6. The molecule has 3 fully saturated rings. The fraction of sp³-hybridized carbons (Fsp3) is 1.00. The summed E-state index contributed by atoms with van der Waals surface area (Å²) in [6.45, 7) is 7.98. The Kier molecular flexibility index (Phi) is 5.46. The van der Waals surface area contributed by atoms with Crippen molar-refractivity contribution < 1.29 is 17.5 Å². The Hall–Kier alpha value is 0.947. The summed E-state index contributed by atoms with van der Waals surface area (Å²) >= 11 is 0. The average Bonchev–Trinajstić information content (AvgIpc) is 3.09. The highest BCUT2D eigenvalue weighted by Crippen LogP contribution is 2.66. The third kappa shape index (κ3) is 2.90. The van der Waals surface area contributed by atoms with E-state index in [1.807, 2.05) is 20.8 Å². The zero-order valence-corrected chi connectivity index (χ0v) is 16.2. The predicted molar refractivity (Wildman–Crippen MR) is 91.5 cm³/mol. The van der Waals surface area contributed by atoms with E-state index in [9.17, 15) is 4.21 Å². The predicted octanol–water partition coefficient (Wildman–Crippen LogP) is 3.24. The van der Waals surface area contributed by atoms with Crippen molar-refractivity contribution in [3.63, 3.8) is 0 Å². The summed E-state index contributed by atoms with van der Waals surface area (Å²) in [6, 6.07) is 0. The van der Waals surface area contributed by atoms with Crippen LogP contribution in [0.2, 0.25) is 5.54 Å². The quantitative estimate of drug-likeness (QED) is 0.508. The normalized spacial score (nSPS) is 41.7. The largest absolute Gasteiger partial charge is 0.504 e. The van der Waals surface area contributed by atoms with Gasteiger partial charge in [-0.2, -0.15) is 0 Å². The lowest BCUT2D eigenvalue weighted by Crippen LogP contribution is -2.53. The van der Waals surface area contributed by atoms with E-state index in [0.717, 1.165) is 6.42 Å². The van der Waals surface area contributed by atoms with Gasteiger partial charge in [0.1, 0.15) is 8.86 Å². The maximum absolute atomic E-state index is 11.9. The van der Waals surface area contributed by atoms with Crippen LogP contribution < -0.4 is 0 Å². The van der Waals surface area contributed by atoms with Gasteiger partial charge in [0.25, 0.3) is 0 Å². The molecule has 0 spiro atoms. The second-order valence-corrected chi connectivity index (χ2v) is 14.0. The van der Waals surface area contributed by atoms with Gasteiger partial charge in [0.05, 0.1) is 0 Å². The number of hydrogen-bond donors (Lipinski definition) is 0. The van der Waals surface area contributed by atoms with Gasteiger partial charge in [0, 0.05) is 35.9 Å². The Labute approximate surface area is 138 Å². The van der Waals surface area contributed by atoms with Gasteiger partial charge in [-0.05, 0) is 67.0 Å². The number of rotatable bonds is 7. The molecule has 6 atom stereocenters. The lowest BCUT2D eigenvalue weighted by molar-refractivity contribution is 0.0545. The molecule has 21 heavy (non-hydrogen) atoms. The van der Waals surface area contributed by atoms with Crippen LogP contribution in [-0.2, 0) is 22.1 Å². The SMILES string of the molecule is CCO[Si](OCC)(OCC)C1C[C@@H]2C[C@H]1C1SS(=O)SC12. The third-order valence-corrected chi connectivity index (χ3v) is 14.3. The van der Waals surface area contributed by atoms with Crippen LogP contribution >= 0.6 is 21.6 Å². The maximum Gasteiger partial charge on any atom is 0.504 e. The summed E-state index contributed by atoms with van der Waals surface area (Å²) in [7, 11) is -0.0350. The Morgan fingerprint density at radius 1 is 1.00 bits per heavy atom. The van der Waals surface area contributed by atoms with Crippen LogP contribution in [0.25, 0.3) is 0 Å². The molecule has 0 aromatic heterocycles. The third-order valence-electron chi connectivity index (χ3n) is 4.73. The van der Waals surface area contributed by atoms with Crippen molar-refractivity contribution in [1.82, 2.24) is 0 Å². The minimum atomic E-state index is -2.62. The first-order valence-electron chi connectivity index (χ1n) is 7.83. The molecule has 2 saturated carbocycles. The first-order chi connectivity index (χ1) is 10.1. The molecule has 8 heteroatoms. The molecule has 122 valence electrons. The van der Waals surface area contributed by atoms with Crippen LogP contribution in [0.5, 0.6) is 0 Å². The van der Waals surface area contributed by atoms with Crippen molar-refractivity contribution in [3.8, 4) is 0 Å². The molecular formula is C13H24O4S3Si. The number of fused-ring (bicyclic) bond motifs is 5. The van der Waals surface area contributed by atoms with E-state index in [4.69, 9.17) is 13.3 Å². The van der Waals surface area contributed by atoms with Crippen LogP contribution in [0.15, 0.2) is 0 Å². The van der Waals surface area contributed by atoms with Crippen LogP contribution in [-0.4, -0.2) is 43.3 Å². The Morgan fingerprint density at radius 3 is 2.14 bits per heavy atom. The second-order valence-electron chi connectivity index (χ2n) is 5.73. The standard InChI is InChI=1S/C13H24O4S3Si/c1-4-15-21(16-5-2,17-6-3)11-8-9-7-10(11)13-12(9)18-20(14)19-13/h9-13H,4-8H2,1-3H3/t9-,10+,11?,12?,13?,20?/m0/s1. The van der Waals surface area contributed by atoms with Crippen molar-refractivity contribution in [1.29, 1.82) is 0 Å². The van der Waals surface area contributed by atoms with Crippen LogP contribution in [0.1, 0.15) is 33.6 Å². The van der Waals surface area contributed by atoms with Crippen LogP contribution in [0.3, 0.4) is 0 Å². The molecule has 1 heterocycles. The van der Waals surface area contributed by atoms with E-state index in [1.54, 1.807) is 21.6 Å². The molecule has 0 amide bonds. The molecule has 4 nitrogen and oxygen atoms in total. The van der Waals surface area contributed by atoms with Gasteiger partial charge in [-0.25, -0.2) is 4.21 Å². The molecule has 2 aliphatic carbocycles. The second kappa shape index (κ2) is 6.82.